The summed E-state index contributed by atoms with van der Waals surface area (Å²) < 4.78 is 2.41. The molecule has 102 valence electrons. The molecule has 1 aromatic carbocycles. The molecule has 1 saturated heterocycles. The van der Waals surface area contributed by atoms with Gasteiger partial charge in [-0.2, -0.15) is 0 Å². The van der Waals surface area contributed by atoms with Gasteiger partial charge in [0.25, 0.3) is 0 Å². The Morgan fingerprint density at radius 1 is 1.37 bits per heavy atom. The van der Waals surface area contributed by atoms with E-state index in [9.17, 15) is 0 Å². The summed E-state index contributed by atoms with van der Waals surface area (Å²) in [7, 11) is 0. The fourth-order valence-corrected chi connectivity index (χ4v) is 3.08. The minimum absolute atomic E-state index is 0.842. The molecule has 0 amide bonds. The molecule has 0 bridgehead atoms. The van der Waals surface area contributed by atoms with Crippen LogP contribution in [0, 0.1) is 5.92 Å². The number of hydrogen-bond donors (Lipinski definition) is 1. The second-order valence-corrected chi connectivity index (χ2v) is 5.57. The molecule has 1 aliphatic heterocycles. The molecule has 2 aromatic rings. The second kappa shape index (κ2) is 5.74. The summed E-state index contributed by atoms with van der Waals surface area (Å²) in [4.78, 5) is 4.83. The molecule has 3 nitrogen and oxygen atoms in total. The monoisotopic (exact) mass is 257 g/mol. The molecule has 3 heteroatoms. The quantitative estimate of drug-likeness (QED) is 0.892. The van der Waals surface area contributed by atoms with Crippen LogP contribution >= 0.6 is 0 Å². The van der Waals surface area contributed by atoms with Crippen LogP contribution in [-0.4, -0.2) is 22.6 Å². The number of rotatable bonds is 5. The normalized spacial score (nSPS) is 19.3. The van der Waals surface area contributed by atoms with Crippen molar-refractivity contribution in [1.82, 2.24) is 14.9 Å². The predicted octanol–water partition coefficient (Wildman–Crippen LogP) is 2.99. The molecule has 1 N–H and O–H groups in total. The molecule has 3 rings (SSSR count). The highest BCUT2D eigenvalue weighted by Gasteiger charge is 2.16. The van der Waals surface area contributed by atoms with E-state index in [0.29, 0.717) is 0 Å². The van der Waals surface area contributed by atoms with Gasteiger partial charge in [0.1, 0.15) is 5.82 Å². The number of benzene rings is 1. The lowest BCUT2D eigenvalue weighted by Gasteiger charge is -2.10. The molecule has 0 aliphatic carbocycles. The lowest BCUT2D eigenvalue weighted by Crippen LogP contribution is -2.11. The SMILES string of the molecule is CCCn1c(CCC2CCNC2)nc2ccccc21. The topological polar surface area (TPSA) is 29.9 Å². The number of aryl methyl sites for hydroxylation is 2. The van der Waals surface area contributed by atoms with E-state index in [-0.39, 0.29) is 0 Å². The Morgan fingerprint density at radius 2 is 2.26 bits per heavy atom. The number of nitrogens with zero attached hydrogens (tertiary/aromatic N) is 2. The Bertz CT molecular complexity index is 538. The zero-order valence-electron chi connectivity index (χ0n) is 11.7. The van der Waals surface area contributed by atoms with E-state index in [1.807, 2.05) is 0 Å². The number of hydrogen-bond acceptors (Lipinski definition) is 2. The van der Waals surface area contributed by atoms with Gasteiger partial charge >= 0.3 is 0 Å². The van der Waals surface area contributed by atoms with Crippen LogP contribution < -0.4 is 5.32 Å². The zero-order valence-corrected chi connectivity index (χ0v) is 11.7. The first-order chi connectivity index (χ1) is 9.38. The predicted molar refractivity (Wildman–Crippen MR) is 79.3 cm³/mol. The maximum atomic E-state index is 4.83. The Hall–Kier alpha value is -1.35. The Labute approximate surface area is 115 Å². The van der Waals surface area contributed by atoms with Crippen LogP contribution in [0.3, 0.4) is 0 Å². The molecule has 1 fully saturated rings. The minimum atomic E-state index is 0.842. The van der Waals surface area contributed by atoms with E-state index in [1.165, 1.54) is 43.7 Å². The number of nitrogens with one attached hydrogen (secondary N) is 1. The highest BCUT2D eigenvalue weighted by molar-refractivity contribution is 5.75. The fraction of sp³-hybridized carbons (Fsp3) is 0.562. The number of imidazole rings is 1. The molecule has 1 unspecified atom stereocenters. The summed E-state index contributed by atoms with van der Waals surface area (Å²) in [6.07, 6.45) is 4.87. The van der Waals surface area contributed by atoms with Crippen LogP contribution in [0.15, 0.2) is 24.3 Å². The summed E-state index contributed by atoms with van der Waals surface area (Å²) in [5.41, 5.74) is 2.44. The molecule has 0 radical (unpaired) electrons. The molecule has 0 saturated carbocycles. The van der Waals surface area contributed by atoms with Gasteiger partial charge in [-0.25, -0.2) is 4.98 Å². The number of para-hydroxylation sites is 2. The lowest BCUT2D eigenvalue weighted by atomic mass is 10.0. The average molecular weight is 257 g/mol. The zero-order chi connectivity index (χ0) is 13.1. The van der Waals surface area contributed by atoms with Crippen molar-refractivity contribution in [3.8, 4) is 0 Å². The van der Waals surface area contributed by atoms with Gasteiger partial charge in [-0.15, -0.1) is 0 Å². The van der Waals surface area contributed by atoms with Gasteiger partial charge in [0.2, 0.25) is 0 Å². The van der Waals surface area contributed by atoms with Crippen LogP contribution in [0.4, 0.5) is 0 Å². The largest absolute Gasteiger partial charge is 0.328 e. The summed E-state index contributed by atoms with van der Waals surface area (Å²) in [6.45, 7) is 5.70. The van der Waals surface area contributed by atoms with Crippen molar-refractivity contribution in [2.45, 2.75) is 39.2 Å². The fourth-order valence-electron chi connectivity index (χ4n) is 3.08. The summed E-state index contributed by atoms with van der Waals surface area (Å²) in [6, 6.07) is 8.51. The van der Waals surface area contributed by atoms with Gasteiger partial charge in [-0.05, 0) is 50.4 Å². The van der Waals surface area contributed by atoms with Crippen molar-refractivity contribution in [3.63, 3.8) is 0 Å². The lowest BCUT2D eigenvalue weighted by molar-refractivity contribution is 0.513. The average Bonchev–Trinajstić information content (AvgIpc) is 3.05. The van der Waals surface area contributed by atoms with Crippen molar-refractivity contribution >= 4 is 11.0 Å². The molecule has 1 aromatic heterocycles. The summed E-state index contributed by atoms with van der Waals surface area (Å²) in [5.74, 6) is 2.12. The molecule has 0 spiro atoms. The van der Waals surface area contributed by atoms with Crippen molar-refractivity contribution in [1.29, 1.82) is 0 Å². The maximum Gasteiger partial charge on any atom is 0.109 e. The highest BCUT2D eigenvalue weighted by Crippen LogP contribution is 2.20. The van der Waals surface area contributed by atoms with Gasteiger partial charge in [-0.3, -0.25) is 0 Å². The van der Waals surface area contributed by atoms with Crippen LogP contribution in [0.2, 0.25) is 0 Å². The first kappa shape index (κ1) is 12.7. The van der Waals surface area contributed by atoms with Crippen molar-refractivity contribution in [3.05, 3.63) is 30.1 Å². The van der Waals surface area contributed by atoms with Crippen LogP contribution in [-0.2, 0) is 13.0 Å². The molecular formula is C16H23N3. The molecule has 19 heavy (non-hydrogen) atoms. The first-order valence-corrected chi connectivity index (χ1v) is 7.53. The van der Waals surface area contributed by atoms with Crippen molar-refractivity contribution in [2.24, 2.45) is 5.92 Å². The summed E-state index contributed by atoms with van der Waals surface area (Å²) >= 11 is 0. The standard InChI is InChI=1S/C16H23N3/c1-2-11-19-15-6-4-3-5-14(15)18-16(19)8-7-13-9-10-17-12-13/h3-6,13,17H,2,7-12H2,1H3. The summed E-state index contributed by atoms with van der Waals surface area (Å²) in [5, 5.41) is 3.45. The first-order valence-electron chi connectivity index (χ1n) is 7.53. The van der Waals surface area contributed by atoms with Crippen LogP contribution in [0.1, 0.15) is 32.0 Å². The van der Waals surface area contributed by atoms with Gasteiger partial charge in [-0.1, -0.05) is 19.1 Å². The third-order valence-corrected chi connectivity index (χ3v) is 4.12. The van der Waals surface area contributed by atoms with E-state index < -0.39 is 0 Å². The van der Waals surface area contributed by atoms with E-state index in [0.717, 1.165) is 24.4 Å². The Balaban J connectivity index is 1.82. The van der Waals surface area contributed by atoms with E-state index in [4.69, 9.17) is 4.98 Å². The molecule has 2 heterocycles. The van der Waals surface area contributed by atoms with Gasteiger partial charge < -0.3 is 9.88 Å². The highest BCUT2D eigenvalue weighted by atomic mass is 15.1. The van der Waals surface area contributed by atoms with Gasteiger partial charge in [0.15, 0.2) is 0 Å². The van der Waals surface area contributed by atoms with E-state index in [2.05, 4.69) is 41.1 Å². The van der Waals surface area contributed by atoms with Gasteiger partial charge in [0, 0.05) is 13.0 Å². The third kappa shape index (κ3) is 2.66. The molecule has 1 atom stereocenters. The van der Waals surface area contributed by atoms with Crippen LogP contribution in [0.25, 0.3) is 11.0 Å². The minimum Gasteiger partial charge on any atom is -0.328 e. The molecular weight excluding hydrogens is 234 g/mol. The van der Waals surface area contributed by atoms with E-state index >= 15 is 0 Å². The second-order valence-electron chi connectivity index (χ2n) is 5.57. The number of fused-ring (bicyclic) bond motifs is 1. The van der Waals surface area contributed by atoms with Gasteiger partial charge in [0.05, 0.1) is 11.0 Å². The van der Waals surface area contributed by atoms with Crippen molar-refractivity contribution < 1.29 is 0 Å². The van der Waals surface area contributed by atoms with Crippen molar-refractivity contribution in [2.75, 3.05) is 13.1 Å². The van der Waals surface area contributed by atoms with Crippen LogP contribution in [0.5, 0.6) is 0 Å². The third-order valence-electron chi connectivity index (χ3n) is 4.12. The molecule has 1 aliphatic rings. The Kier molecular flexibility index (Phi) is 3.83. The van der Waals surface area contributed by atoms with E-state index in [1.54, 1.807) is 0 Å². The maximum absolute atomic E-state index is 4.83. The number of aromatic nitrogens is 2. The smallest absolute Gasteiger partial charge is 0.109 e. The Morgan fingerprint density at radius 3 is 3.05 bits per heavy atom.